The van der Waals surface area contributed by atoms with Gasteiger partial charge in [-0.1, -0.05) is 116 Å². The maximum atomic E-state index is 6.63. The summed E-state index contributed by atoms with van der Waals surface area (Å²) in [6, 6.07) is 46.4. The third-order valence-electron chi connectivity index (χ3n) is 8.24. The quantitative estimate of drug-likeness (QED) is 0.107. The highest BCUT2D eigenvalue weighted by molar-refractivity contribution is 5.43. The summed E-state index contributed by atoms with van der Waals surface area (Å²) in [5, 5.41) is 3.72. The topological polar surface area (TPSA) is 39.7 Å². The molecule has 5 rings (SSSR count). The Morgan fingerprint density at radius 1 is 0.565 bits per heavy atom. The highest BCUT2D eigenvalue weighted by Crippen LogP contribution is 2.31. The van der Waals surface area contributed by atoms with E-state index >= 15 is 0 Å². The molecule has 0 saturated carbocycles. The molecular formula is C42H47NO3. The average molecular weight is 614 g/mol. The van der Waals surface area contributed by atoms with E-state index in [2.05, 4.69) is 116 Å². The van der Waals surface area contributed by atoms with E-state index in [-0.39, 0.29) is 6.10 Å². The minimum absolute atomic E-state index is 0.0689. The summed E-state index contributed by atoms with van der Waals surface area (Å²) >= 11 is 0. The van der Waals surface area contributed by atoms with Gasteiger partial charge in [0.2, 0.25) is 0 Å². The largest absolute Gasteiger partial charge is 0.489 e. The lowest BCUT2D eigenvalue weighted by molar-refractivity contribution is 0.183. The molecular weight excluding hydrogens is 566 g/mol. The first-order valence-electron chi connectivity index (χ1n) is 16.6. The molecule has 0 aromatic heterocycles. The van der Waals surface area contributed by atoms with E-state index in [1.165, 1.54) is 22.3 Å². The molecule has 0 bridgehead atoms. The van der Waals surface area contributed by atoms with Gasteiger partial charge in [-0.05, 0) is 91.2 Å². The fraction of sp³-hybridized carbons (Fsp3) is 0.286. The molecule has 2 atom stereocenters. The lowest BCUT2D eigenvalue weighted by Crippen LogP contribution is -2.28. The van der Waals surface area contributed by atoms with Crippen molar-refractivity contribution in [3.8, 4) is 17.2 Å². The van der Waals surface area contributed by atoms with Gasteiger partial charge < -0.3 is 19.5 Å². The Labute approximate surface area is 275 Å². The van der Waals surface area contributed by atoms with E-state index in [1.807, 2.05) is 36.4 Å². The normalized spacial score (nSPS) is 12.3. The van der Waals surface area contributed by atoms with E-state index in [0.717, 1.165) is 61.5 Å². The molecule has 0 heterocycles. The van der Waals surface area contributed by atoms with Crippen LogP contribution in [0.5, 0.6) is 17.2 Å². The molecule has 238 valence electrons. The van der Waals surface area contributed by atoms with Crippen LogP contribution in [0, 0.1) is 0 Å². The monoisotopic (exact) mass is 613 g/mol. The third-order valence-corrected chi connectivity index (χ3v) is 8.24. The average Bonchev–Trinajstić information content (AvgIpc) is 3.11. The molecule has 0 amide bonds. The van der Waals surface area contributed by atoms with Gasteiger partial charge in [0.25, 0.3) is 0 Å². The minimum Gasteiger partial charge on any atom is -0.489 e. The van der Waals surface area contributed by atoms with Gasteiger partial charge in [0.1, 0.15) is 25.1 Å². The Balaban J connectivity index is 1.12. The summed E-state index contributed by atoms with van der Waals surface area (Å²) in [6.07, 6.45) is 4.87. The SMILES string of the molecule is CC[C@@H](Cc1ccccc1)Oc1cc(CCNC(C)CCc2ccc(OCc3ccccc3)cc2)ccc1OCc1ccccc1. The first-order chi connectivity index (χ1) is 22.6. The van der Waals surface area contributed by atoms with Crippen LogP contribution in [-0.4, -0.2) is 18.7 Å². The molecule has 0 fully saturated rings. The zero-order valence-corrected chi connectivity index (χ0v) is 27.2. The molecule has 5 aromatic carbocycles. The molecule has 4 nitrogen and oxygen atoms in total. The van der Waals surface area contributed by atoms with E-state index in [1.54, 1.807) is 0 Å². The summed E-state index contributed by atoms with van der Waals surface area (Å²) in [5.41, 5.74) is 6.16. The Hall–Kier alpha value is -4.54. The van der Waals surface area contributed by atoms with Gasteiger partial charge >= 0.3 is 0 Å². The van der Waals surface area contributed by atoms with Crippen molar-refractivity contribution < 1.29 is 14.2 Å². The Morgan fingerprint density at radius 2 is 1.15 bits per heavy atom. The van der Waals surface area contributed by atoms with E-state index in [0.29, 0.717) is 19.3 Å². The van der Waals surface area contributed by atoms with Crippen LogP contribution in [0.25, 0.3) is 0 Å². The predicted molar refractivity (Wildman–Crippen MR) is 189 cm³/mol. The summed E-state index contributed by atoms with van der Waals surface area (Å²) in [4.78, 5) is 0. The van der Waals surface area contributed by atoms with E-state index < -0.39 is 0 Å². The number of aryl methyl sites for hydroxylation is 1. The van der Waals surface area contributed by atoms with Crippen molar-refractivity contribution in [3.05, 3.63) is 161 Å². The molecule has 0 saturated heterocycles. The van der Waals surface area contributed by atoms with Crippen molar-refractivity contribution in [3.63, 3.8) is 0 Å². The molecule has 0 radical (unpaired) electrons. The molecule has 1 N–H and O–H groups in total. The lowest BCUT2D eigenvalue weighted by atomic mass is 10.1. The van der Waals surface area contributed by atoms with Crippen molar-refractivity contribution in [2.45, 2.75) is 71.3 Å². The fourth-order valence-electron chi connectivity index (χ4n) is 5.42. The van der Waals surface area contributed by atoms with Crippen LogP contribution in [0.3, 0.4) is 0 Å². The predicted octanol–water partition coefficient (Wildman–Crippen LogP) is 9.40. The smallest absolute Gasteiger partial charge is 0.161 e. The second-order valence-corrected chi connectivity index (χ2v) is 12.0. The number of hydrogen-bond acceptors (Lipinski definition) is 4. The first kappa shape index (κ1) is 32.8. The van der Waals surface area contributed by atoms with Gasteiger partial charge in [-0.15, -0.1) is 0 Å². The summed E-state index contributed by atoms with van der Waals surface area (Å²) in [6.45, 7) is 6.45. The van der Waals surface area contributed by atoms with Crippen LogP contribution in [-0.2, 0) is 32.5 Å². The van der Waals surface area contributed by atoms with Gasteiger partial charge in [0.15, 0.2) is 11.5 Å². The fourth-order valence-corrected chi connectivity index (χ4v) is 5.42. The van der Waals surface area contributed by atoms with Crippen molar-refractivity contribution in [1.29, 1.82) is 0 Å². The second kappa shape index (κ2) is 17.8. The van der Waals surface area contributed by atoms with Gasteiger partial charge in [-0.3, -0.25) is 0 Å². The van der Waals surface area contributed by atoms with Crippen LogP contribution < -0.4 is 19.5 Å². The first-order valence-corrected chi connectivity index (χ1v) is 16.6. The molecule has 0 aliphatic rings. The van der Waals surface area contributed by atoms with Crippen molar-refractivity contribution in [1.82, 2.24) is 5.32 Å². The van der Waals surface area contributed by atoms with Crippen LogP contribution >= 0.6 is 0 Å². The van der Waals surface area contributed by atoms with E-state index in [4.69, 9.17) is 14.2 Å². The molecule has 0 aliphatic heterocycles. The van der Waals surface area contributed by atoms with Crippen molar-refractivity contribution >= 4 is 0 Å². The van der Waals surface area contributed by atoms with Crippen LogP contribution in [0.15, 0.2) is 133 Å². The minimum atomic E-state index is 0.0689. The zero-order valence-electron chi connectivity index (χ0n) is 27.2. The van der Waals surface area contributed by atoms with Gasteiger partial charge in [-0.2, -0.15) is 0 Å². The van der Waals surface area contributed by atoms with Crippen molar-refractivity contribution in [2.75, 3.05) is 6.54 Å². The Morgan fingerprint density at radius 3 is 1.78 bits per heavy atom. The van der Waals surface area contributed by atoms with Gasteiger partial charge in [0, 0.05) is 12.5 Å². The van der Waals surface area contributed by atoms with Crippen LogP contribution in [0.2, 0.25) is 0 Å². The number of nitrogens with one attached hydrogen (secondary N) is 1. The molecule has 4 heteroatoms. The van der Waals surface area contributed by atoms with Gasteiger partial charge in [0.05, 0.1) is 0 Å². The van der Waals surface area contributed by atoms with Crippen LogP contribution in [0.1, 0.15) is 54.5 Å². The standard InChI is InChI=1S/C42H47NO3/c1-3-39(29-35-13-7-4-8-14-35)46-42-30-36(23-26-41(42)45-32-38-17-11-6-12-18-38)27-28-43-33(2)19-20-34-21-24-40(25-22-34)44-31-37-15-9-5-10-16-37/h4-18,21-26,30,33,39,43H,3,19-20,27-29,31-32H2,1-2H3/t33?,39-/m0/s1. The molecule has 0 aliphatic carbocycles. The number of rotatable bonds is 18. The Bertz CT molecular complexity index is 1560. The van der Waals surface area contributed by atoms with Crippen LogP contribution in [0.4, 0.5) is 0 Å². The maximum absolute atomic E-state index is 6.63. The Kier molecular flexibility index (Phi) is 12.7. The van der Waals surface area contributed by atoms with Crippen molar-refractivity contribution in [2.24, 2.45) is 0 Å². The zero-order chi connectivity index (χ0) is 31.8. The maximum Gasteiger partial charge on any atom is 0.161 e. The number of ether oxygens (including phenoxy) is 3. The summed E-state index contributed by atoms with van der Waals surface area (Å²) in [5.74, 6) is 2.52. The molecule has 5 aromatic rings. The lowest BCUT2D eigenvalue weighted by Gasteiger charge is -2.21. The highest BCUT2D eigenvalue weighted by atomic mass is 16.5. The van der Waals surface area contributed by atoms with Gasteiger partial charge in [-0.25, -0.2) is 0 Å². The number of benzene rings is 5. The second-order valence-electron chi connectivity index (χ2n) is 12.0. The molecule has 46 heavy (non-hydrogen) atoms. The van der Waals surface area contributed by atoms with E-state index in [9.17, 15) is 0 Å². The highest BCUT2D eigenvalue weighted by Gasteiger charge is 2.15. The summed E-state index contributed by atoms with van der Waals surface area (Å²) in [7, 11) is 0. The number of hydrogen-bond donors (Lipinski definition) is 1. The third kappa shape index (κ3) is 10.8. The molecule has 0 spiro atoms. The summed E-state index contributed by atoms with van der Waals surface area (Å²) < 4.78 is 18.9. The molecule has 1 unspecified atom stereocenters.